The van der Waals surface area contributed by atoms with E-state index in [1.165, 1.54) is 24.3 Å². The van der Waals surface area contributed by atoms with Gasteiger partial charge in [-0.25, -0.2) is 0 Å². The number of rotatable bonds is 3. The Hall–Kier alpha value is -1.12. The molecule has 0 atom stereocenters. The second-order valence-electron chi connectivity index (χ2n) is 5.31. The maximum atomic E-state index is 12.5. The third kappa shape index (κ3) is 5.78. The summed E-state index contributed by atoms with van der Waals surface area (Å²) >= 11 is -3.54. The Morgan fingerprint density at radius 1 is 1.13 bits per heavy atom. The van der Waals surface area contributed by atoms with Crippen LogP contribution in [0.4, 0.5) is 13.2 Å². The average molecular weight is 462 g/mol. The van der Waals surface area contributed by atoms with Crippen LogP contribution in [0.15, 0.2) is 30.3 Å². The predicted octanol–water partition coefficient (Wildman–Crippen LogP) is 3.72. The summed E-state index contributed by atoms with van der Waals surface area (Å²) in [6.07, 6.45) is 0. The summed E-state index contributed by atoms with van der Waals surface area (Å²) in [5, 5.41) is 0. The molecule has 9 heteroatoms. The number of hydrogen-bond acceptors (Lipinski definition) is 4. The molecule has 0 aliphatic heterocycles. The van der Waals surface area contributed by atoms with Gasteiger partial charge in [0, 0.05) is 0 Å². The van der Waals surface area contributed by atoms with Gasteiger partial charge in [0.15, 0.2) is 0 Å². The van der Waals surface area contributed by atoms with Crippen molar-refractivity contribution in [3.63, 3.8) is 0 Å². The monoisotopic (exact) mass is 462 g/mol. The van der Waals surface area contributed by atoms with Crippen LogP contribution in [0.2, 0.25) is 0 Å². The summed E-state index contributed by atoms with van der Waals surface area (Å²) < 4.78 is 66.8. The van der Waals surface area contributed by atoms with E-state index in [-0.39, 0.29) is 3.57 Å². The van der Waals surface area contributed by atoms with Gasteiger partial charge in [-0.1, -0.05) is 0 Å². The molecule has 0 fully saturated rings. The average Bonchev–Trinajstić information content (AvgIpc) is 2.41. The summed E-state index contributed by atoms with van der Waals surface area (Å²) in [6, 6.07) is 7.51. The van der Waals surface area contributed by atoms with Crippen LogP contribution in [0, 0.1) is 18.8 Å². The van der Waals surface area contributed by atoms with Gasteiger partial charge in [0.25, 0.3) is 0 Å². The van der Waals surface area contributed by atoms with Crippen LogP contribution in [0.5, 0.6) is 0 Å². The molecule has 1 rings (SSSR count). The zero-order valence-corrected chi connectivity index (χ0v) is 15.4. The molecule has 0 heterocycles. The van der Waals surface area contributed by atoms with Crippen LogP contribution in [0.3, 0.4) is 0 Å². The van der Waals surface area contributed by atoms with Gasteiger partial charge >= 0.3 is 140 Å². The summed E-state index contributed by atoms with van der Waals surface area (Å²) in [7, 11) is -5.77. The third-order valence-electron chi connectivity index (χ3n) is 2.29. The molecule has 128 valence electrons. The molecule has 0 aromatic heterocycles. The number of Topliss-reactive ketones (excluding diaryl/α,β-unsaturated/α-hetero) is 1. The van der Waals surface area contributed by atoms with Crippen molar-refractivity contribution in [3.8, 4) is 9.85 Å². The molecular weight excluding hydrogens is 448 g/mol. The Kier molecular flexibility index (Phi) is 6.23. The van der Waals surface area contributed by atoms with Gasteiger partial charge in [-0.15, -0.1) is 0 Å². The van der Waals surface area contributed by atoms with Gasteiger partial charge in [0.1, 0.15) is 0 Å². The molecule has 0 aliphatic carbocycles. The molecule has 0 saturated carbocycles. The number of carbonyl (C=O) groups excluding carboxylic acids is 1. The number of benzene rings is 1. The first-order valence-corrected chi connectivity index (χ1v) is 10.6. The van der Waals surface area contributed by atoms with Crippen molar-refractivity contribution in [2.24, 2.45) is 5.41 Å². The summed E-state index contributed by atoms with van der Waals surface area (Å²) in [4.78, 5) is 11.8. The molecule has 0 radical (unpaired) electrons. The van der Waals surface area contributed by atoms with E-state index in [4.69, 9.17) is 0 Å². The Morgan fingerprint density at radius 2 is 1.65 bits per heavy atom. The van der Waals surface area contributed by atoms with E-state index in [1.807, 2.05) is 0 Å². The Labute approximate surface area is 140 Å². The van der Waals surface area contributed by atoms with Gasteiger partial charge in [0.2, 0.25) is 0 Å². The molecule has 0 aliphatic rings. The van der Waals surface area contributed by atoms with E-state index in [0.717, 1.165) is 0 Å². The van der Waals surface area contributed by atoms with E-state index < -0.39 is 47.1 Å². The minimum absolute atomic E-state index is 0.249. The summed E-state index contributed by atoms with van der Waals surface area (Å²) in [5.74, 6) is 1.71. The molecule has 0 bridgehead atoms. The van der Waals surface area contributed by atoms with E-state index >= 15 is 0 Å². The van der Waals surface area contributed by atoms with Crippen molar-refractivity contribution in [1.29, 1.82) is 0 Å². The van der Waals surface area contributed by atoms with Crippen molar-refractivity contribution in [3.05, 3.63) is 33.9 Å². The fourth-order valence-corrected chi connectivity index (χ4v) is 6.16. The topological polar surface area (TPSA) is 60.4 Å². The van der Waals surface area contributed by atoms with Crippen LogP contribution in [0.1, 0.15) is 20.8 Å². The molecule has 4 nitrogen and oxygen atoms in total. The standard InChI is InChI=1S/C14H14F3IO4S/c1-13(2,3)12(19)9-10-18(11-7-5-4-6-8-11)22-23(20,21)14(15,16)17/h4-8H,1-3H3. The predicted molar refractivity (Wildman–Crippen MR) is 87.5 cm³/mol. The molecule has 0 N–H and O–H groups in total. The molecule has 1 aromatic carbocycles. The van der Waals surface area contributed by atoms with Crippen molar-refractivity contribution >= 4 is 36.1 Å². The fourth-order valence-electron chi connectivity index (χ4n) is 1.03. The second-order valence-corrected chi connectivity index (χ2v) is 11.1. The number of hydrogen-bond donors (Lipinski definition) is 0. The van der Waals surface area contributed by atoms with Gasteiger partial charge < -0.3 is 0 Å². The summed E-state index contributed by atoms with van der Waals surface area (Å²) in [5.41, 5.74) is -6.35. The normalized spacial score (nSPS) is 13.0. The molecular formula is C14H14F3IO4S. The number of carbonyl (C=O) groups is 1. The molecule has 23 heavy (non-hydrogen) atoms. The Balaban J connectivity index is 3.22. The zero-order chi connectivity index (χ0) is 17.9. The van der Waals surface area contributed by atoms with E-state index in [1.54, 1.807) is 26.8 Å². The van der Waals surface area contributed by atoms with Crippen LogP contribution in [-0.4, -0.2) is 19.7 Å². The van der Waals surface area contributed by atoms with Gasteiger partial charge in [-0.2, -0.15) is 0 Å². The number of alkyl halides is 3. The zero-order valence-electron chi connectivity index (χ0n) is 12.4. The number of ketones is 1. The second kappa shape index (κ2) is 7.19. The molecule has 0 spiro atoms. The van der Waals surface area contributed by atoms with Crippen LogP contribution in [0.25, 0.3) is 0 Å². The van der Waals surface area contributed by atoms with Crippen molar-refractivity contribution in [1.82, 2.24) is 0 Å². The first-order valence-electron chi connectivity index (χ1n) is 6.17. The fraction of sp³-hybridized carbons (Fsp3) is 0.357. The quantitative estimate of drug-likeness (QED) is 0.391. The summed E-state index contributed by atoms with van der Waals surface area (Å²) in [6.45, 7) is 4.79. The number of halogens is 4. The van der Waals surface area contributed by atoms with Crippen molar-refractivity contribution < 1.29 is 28.9 Å². The molecule has 0 unspecified atom stereocenters. The van der Waals surface area contributed by atoms with Crippen molar-refractivity contribution in [2.45, 2.75) is 26.3 Å². The SMILES string of the molecule is CC(C)(C)C(=O)C#CI(OS(=O)(=O)C(F)(F)F)c1ccccc1. The minimum atomic E-state index is -5.77. The van der Waals surface area contributed by atoms with E-state index in [9.17, 15) is 26.4 Å². The Morgan fingerprint density at radius 3 is 2.09 bits per heavy atom. The third-order valence-corrected chi connectivity index (χ3v) is 8.26. The van der Waals surface area contributed by atoms with Crippen LogP contribution < -0.4 is 0 Å². The maximum absolute atomic E-state index is 12.5. The van der Waals surface area contributed by atoms with Crippen molar-refractivity contribution in [2.75, 3.05) is 0 Å². The van der Waals surface area contributed by atoms with E-state index in [0.29, 0.717) is 0 Å². The first kappa shape index (κ1) is 19.9. The Bertz CT molecular complexity index is 725. The van der Waals surface area contributed by atoms with Gasteiger partial charge in [0.05, 0.1) is 0 Å². The van der Waals surface area contributed by atoms with Crippen LogP contribution in [-0.2, 0) is 17.4 Å². The molecule has 0 amide bonds. The molecule has 0 saturated heterocycles. The first-order chi connectivity index (χ1) is 10.3. The van der Waals surface area contributed by atoms with Gasteiger partial charge in [-0.05, 0) is 0 Å². The molecule has 1 aromatic rings. The van der Waals surface area contributed by atoms with Crippen LogP contribution >= 0.6 is 20.2 Å². The van der Waals surface area contributed by atoms with E-state index in [2.05, 4.69) is 12.4 Å². The van der Waals surface area contributed by atoms with Gasteiger partial charge in [-0.3, -0.25) is 0 Å².